The third kappa shape index (κ3) is 11.9. The van der Waals surface area contributed by atoms with Crippen molar-refractivity contribution in [3.8, 4) is 0 Å². The highest BCUT2D eigenvalue weighted by molar-refractivity contribution is 4.52. The van der Waals surface area contributed by atoms with E-state index in [1.54, 1.807) is 0 Å². The average Bonchev–Trinajstić information content (AvgIpc) is 2.16. The molecule has 0 atom stereocenters. The first-order valence-corrected chi connectivity index (χ1v) is 5.62. The number of unbranched alkanes of at least 4 members (excludes halogenated alkanes) is 3. The molecule has 0 aliphatic carbocycles. The lowest BCUT2D eigenvalue weighted by molar-refractivity contribution is 0.573. The van der Waals surface area contributed by atoms with Gasteiger partial charge in [0.1, 0.15) is 0 Å². The van der Waals surface area contributed by atoms with Crippen LogP contribution in [0.25, 0.3) is 0 Å². The summed E-state index contributed by atoms with van der Waals surface area (Å²) in [6.45, 7) is 10.2. The lowest BCUT2D eigenvalue weighted by Crippen LogP contribution is -2.22. The van der Waals surface area contributed by atoms with Gasteiger partial charge in [-0.1, -0.05) is 26.2 Å². The highest BCUT2D eigenvalue weighted by atomic mass is 14.9. The van der Waals surface area contributed by atoms with E-state index in [0.29, 0.717) is 0 Å². The maximum absolute atomic E-state index is 3.72. The molecule has 0 aliphatic heterocycles. The van der Waals surface area contributed by atoms with Crippen LogP contribution in [0.4, 0.5) is 0 Å². The van der Waals surface area contributed by atoms with Crippen LogP contribution in [0, 0.1) is 6.92 Å². The molecular weight excluding hydrogens is 160 g/mol. The number of hydrogen-bond acceptors (Lipinski definition) is 2. The Morgan fingerprint density at radius 3 is 2.23 bits per heavy atom. The molecule has 0 aromatic rings. The average molecular weight is 185 g/mol. The Labute approximate surface area is 83.5 Å². The summed E-state index contributed by atoms with van der Waals surface area (Å²) in [7, 11) is 0. The third-order valence-electron chi connectivity index (χ3n) is 2.09. The highest BCUT2D eigenvalue weighted by Crippen LogP contribution is 1.96. The van der Waals surface area contributed by atoms with Crippen LogP contribution in [-0.2, 0) is 0 Å². The Kier molecular flexibility index (Phi) is 11.8. The first-order chi connectivity index (χ1) is 6.41. The van der Waals surface area contributed by atoms with Crippen LogP contribution in [0.1, 0.15) is 39.0 Å². The molecule has 0 saturated heterocycles. The molecule has 0 aliphatic rings. The fourth-order valence-corrected chi connectivity index (χ4v) is 1.27. The van der Waals surface area contributed by atoms with Crippen LogP contribution < -0.4 is 10.6 Å². The van der Waals surface area contributed by atoms with Crippen molar-refractivity contribution in [1.29, 1.82) is 0 Å². The van der Waals surface area contributed by atoms with Crippen LogP contribution in [0.5, 0.6) is 0 Å². The Hall–Kier alpha value is -0.0800. The third-order valence-corrected chi connectivity index (χ3v) is 2.09. The van der Waals surface area contributed by atoms with Crippen LogP contribution in [0.3, 0.4) is 0 Å². The molecule has 1 radical (unpaired) electrons. The van der Waals surface area contributed by atoms with Gasteiger partial charge >= 0.3 is 0 Å². The van der Waals surface area contributed by atoms with Gasteiger partial charge in [-0.15, -0.1) is 0 Å². The molecule has 2 N–H and O–H groups in total. The summed E-state index contributed by atoms with van der Waals surface area (Å²) in [5.41, 5.74) is 0. The molecular formula is C11H25N2. The van der Waals surface area contributed by atoms with E-state index < -0.39 is 0 Å². The van der Waals surface area contributed by atoms with Gasteiger partial charge in [0, 0.05) is 0 Å². The Balaban J connectivity index is 2.76. The molecule has 0 fully saturated rings. The molecule has 0 heterocycles. The van der Waals surface area contributed by atoms with Crippen molar-refractivity contribution in [3.05, 3.63) is 6.92 Å². The van der Waals surface area contributed by atoms with E-state index in [2.05, 4.69) is 24.5 Å². The lowest BCUT2D eigenvalue weighted by atomic mass is 10.2. The van der Waals surface area contributed by atoms with E-state index in [1.165, 1.54) is 38.6 Å². The molecule has 0 saturated carbocycles. The summed E-state index contributed by atoms with van der Waals surface area (Å²) in [6, 6.07) is 0. The van der Waals surface area contributed by atoms with Crippen molar-refractivity contribution in [2.45, 2.75) is 39.0 Å². The topological polar surface area (TPSA) is 24.1 Å². The van der Waals surface area contributed by atoms with Gasteiger partial charge in [-0.2, -0.15) is 0 Å². The molecule has 0 amide bonds. The van der Waals surface area contributed by atoms with E-state index in [0.717, 1.165) is 19.6 Å². The summed E-state index contributed by atoms with van der Waals surface area (Å²) in [5, 5.41) is 6.65. The summed E-state index contributed by atoms with van der Waals surface area (Å²) < 4.78 is 0. The zero-order valence-electron chi connectivity index (χ0n) is 9.07. The molecule has 0 aromatic carbocycles. The van der Waals surface area contributed by atoms with Gasteiger partial charge < -0.3 is 10.6 Å². The van der Waals surface area contributed by atoms with Crippen LogP contribution in [-0.4, -0.2) is 26.2 Å². The molecule has 0 spiro atoms. The standard InChI is InChI=1S/C11H25N2/c1-3-5-6-7-9-13-11-8-10-12-4-2/h12-13H,2-11H2,1H3. The van der Waals surface area contributed by atoms with Gasteiger partial charge in [0.05, 0.1) is 0 Å². The first kappa shape index (κ1) is 12.9. The predicted molar refractivity (Wildman–Crippen MR) is 59.9 cm³/mol. The zero-order chi connectivity index (χ0) is 9.78. The maximum atomic E-state index is 3.72. The van der Waals surface area contributed by atoms with Gasteiger partial charge in [-0.3, -0.25) is 0 Å². The SMILES string of the molecule is [CH2]CNCCCNCCCCCC. The van der Waals surface area contributed by atoms with Gasteiger partial charge in [0.2, 0.25) is 0 Å². The minimum Gasteiger partial charge on any atom is -0.317 e. The quantitative estimate of drug-likeness (QED) is 0.508. The Morgan fingerprint density at radius 1 is 0.846 bits per heavy atom. The number of nitrogens with one attached hydrogen (secondary N) is 2. The van der Waals surface area contributed by atoms with Crippen molar-refractivity contribution in [3.63, 3.8) is 0 Å². The zero-order valence-corrected chi connectivity index (χ0v) is 9.07. The van der Waals surface area contributed by atoms with E-state index in [1.807, 2.05) is 0 Å². The van der Waals surface area contributed by atoms with Crippen molar-refractivity contribution < 1.29 is 0 Å². The van der Waals surface area contributed by atoms with Crippen molar-refractivity contribution in [2.24, 2.45) is 0 Å². The summed E-state index contributed by atoms with van der Waals surface area (Å²) >= 11 is 0. The largest absolute Gasteiger partial charge is 0.317 e. The molecule has 0 aromatic heterocycles. The second-order valence-corrected chi connectivity index (χ2v) is 3.41. The van der Waals surface area contributed by atoms with E-state index >= 15 is 0 Å². The highest BCUT2D eigenvalue weighted by Gasteiger charge is 1.88. The molecule has 2 nitrogen and oxygen atoms in total. The van der Waals surface area contributed by atoms with Crippen LogP contribution in [0.2, 0.25) is 0 Å². The molecule has 0 unspecified atom stereocenters. The van der Waals surface area contributed by atoms with Crippen molar-refractivity contribution in [1.82, 2.24) is 10.6 Å². The van der Waals surface area contributed by atoms with Gasteiger partial charge in [0.25, 0.3) is 0 Å². The lowest BCUT2D eigenvalue weighted by Gasteiger charge is -2.04. The van der Waals surface area contributed by atoms with Gasteiger partial charge in [-0.05, 0) is 45.9 Å². The number of hydrogen-bond donors (Lipinski definition) is 2. The Bertz CT molecular complexity index is 74.2. The smallest absolute Gasteiger partial charge is 0.00368 e. The fourth-order valence-electron chi connectivity index (χ4n) is 1.27. The normalized spacial score (nSPS) is 10.6. The van der Waals surface area contributed by atoms with Gasteiger partial charge in [0.15, 0.2) is 0 Å². The van der Waals surface area contributed by atoms with E-state index in [4.69, 9.17) is 0 Å². The summed E-state index contributed by atoms with van der Waals surface area (Å²) in [5.74, 6) is 0. The fraction of sp³-hybridized carbons (Fsp3) is 0.909. The number of rotatable bonds is 10. The maximum Gasteiger partial charge on any atom is -0.00368 e. The summed E-state index contributed by atoms with van der Waals surface area (Å²) in [4.78, 5) is 0. The van der Waals surface area contributed by atoms with Crippen molar-refractivity contribution >= 4 is 0 Å². The van der Waals surface area contributed by atoms with Crippen molar-refractivity contribution in [2.75, 3.05) is 26.2 Å². The van der Waals surface area contributed by atoms with Crippen LogP contribution in [0.15, 0.2) is 0 Å². The minimum atomic E-state index is 0.844. The van der Waals surface area contributed by atoms with E-state index in [-0.39, 0.29) is 0 Å². The second-order valence-electron chi connectivity index (χ2n) is 3.41. The van der Waals surface area contributed by atoms with E-state index in [9.17, 15) is 0 Å². The second kappa shape index (κ2) is 11.9. The molecule has 2 heteroatoms. The molecule has 13 heavy (non-hydrogen) atoms. The van der Waals surface area contributed by atoms with Crippen LogP contribution >= 0.6 is 0 Å². The van der Waals surface area contributed by atoms with Gasteiger partial charge in [-0.25, -0.2) is 0 Å². The predicted octanol–water partition coefficient (Wildman–Crippen LogP) is 1.97. The first-order valence-electron chi connectivity index (χ1n) is 5.62. The molecule has 79 valence electrons. The monoisotopic (exact) mass is 185 g/mol. The Morgan fingerprint density at radius 2 is 1.54 bits per heavy atom. The minimum absolute atomic E-state index is 0.844. The molecule has 0 rings (SSSR count). The summed E-state index contributed by atoms with van der Waals surface area (Å²) in [6.07, 6.45) is 6.62. The molecule has 0 bridgehead atoms.